The maximum absolute atomic E-state index is 5.64. The van der Waals surface area contributed by atoms with Crippen LogP contribution in [-0.2, 0) is 0 Å². The van der Waals surface area contributed by atoms with E-state index in [1.165, 1.54) is 0 Å². The van der Waals surface area contributed by atoms with Crippen molar-refractivity contribution in [1.29, 1.82) is 0 Å². The lowest BCUT2D eigenvalue weighted by atomic mass is 10.2. The van der Waals surface area contributed by atoms with Gasteiger partial charge in [-0.25, -0.2) is 0 Å². The number of halogens is 1. The zero-order valence-electron chi connectivity index (χ0n) is 8.07. The van der Waals surface area contributed by atoms with Crippen molar-refractivity contribution in [3.8, 4) is 0 Å². The summed E-state index contributed by atoms with van der Waals surface area (Å²) in [6, 6.07) is 4.08. The number of aromatic nitrogens is 2. The summed E-state index contributed by atoms with van der Waals surface area (Å²) in [5, 5.41) is 11.5. The Kier molecular flexibility index (Phi) is 2.84. The van der Waals surface area contributed by atoms with Gasteiger partial charge in [-0.3, -0.25) is 0 Å². The number of hydrogen-bond acceptors (Lipinski definition) is 4. The van der Waals surface area contributed by atoms with Crippen molar-refractivity contribution in [2.24, 2.45) is 0 Å². The van der Waals surface area contributed by atoms with E-state index in [4.69, 9.17) is 11.6 Å². The Labute approximate surface area is 88.3 Å². The molecule has 1 aliphatic heterocycles. The van der Waals surface area contributed by atoms with Crippen molar-refractivity contribution in [3.63, 3.8) is 0 Å². The fourth-order valence-corrected chi connectivity index (χ4v) is 1.76. The first kappa shape index (κ1) is 9.68. The molecule has 5 heteroatoms. The van der Waals surface area contributed by atoms with Crippen LogP contribution in [0.1, 0.15) is 6.42 Å². The van der Waals surface area contributed by atoms with Crippen LogP contribution in [0.3, 0.4) is 0 Å². The highest BCUT2D eigenvalue weighted by Crippen LogP contribution is 2.13. The molecule has 0 saturated carbocycles. The summed E-state index contributed by atoms with van der Waals surface area (Å²) in [5.74, 6) is 0.801. The third-order valence-electron chi connectivity index (χ3n) is 2.38. The van der Waals surface area contributed by atoms with E-state index in [9.17, 15) is 0 Å². The van der Waals surface area contributed by atoms with E-state index in [1.807, 2.05) is 6.07 Å². The molecule has 0 radical (unpaired) electrons. The monoisotopic (exact) mass is 212 g/mol. The van der Waals surface area contributed by atoms with Crippen molar-refractivity contribution in [2.45, 2.75) is 12.5 Å². The molecule has 76 valence electrons. The van der Waals surface area contributed by atoms with Crippen LogP contribution in [0.25, 0.3) is 0 Å². The van der Waals surface area contributed by atoms with Crippen LogP contribution < -0.4 is 5.32 Å². The number of likely N-dealkylation sites (tertiary alicyclic amines) is 1. The summed E-state index contributed by atoms with van der Waals surface area (Å²) in [4.78, 5) is 2.29. The number of likely N-dealkylation sites (N-methyl/N-ethyl adjacent to an activating group) is 1. The number of hydrogen-bond donors (Lipinski definition) is 1. The van der Waals surface area contributed by atoms with Gasteiger partial charge in [0.15, 0.2) is 5.15 Å². The van der Waals surface area contributed by atoms with Crippen molar-refractivity contribution >= 4 is 17.4 Å². The average Bonchev–Trinajstić information content (AvgIpc) is 2.56. The molecule has 0 bridgehead atoms. The third kappa shape index (κ3) is 2.33. The highest BCUT2D eigenvalue weighted by molar-refractivity contribution is 6.29. The Morgan fingerprint density at radius 1 is 1.50 bits per heavy atom. The molecule has 0 aromatic carbocycles. The SMILES string of the molecule is CN1CCC(Nc2ccc(Cl)nn2)C1. The number of anilines is 1. The molecule has 1 unspecified atom stereocenters. The van der Waals surface area contributed by atoms with E-state index < -0.39 is 0 Å². The van der Waals surface area contributed by atoms with Crippen molar-refractivity contribution in [2.75, 3.05) is 25.5 Å². The lowest BCUT2D eigenvalue weighted by Gasteiger charge is -2.12. The van der Waals surface area contributed by atoms with Crippen LogP contribution in [-0.4, -0.2) is 41.3 Å². The molecule has 1 saturated heterocycles. The van der Waals surface area contributed by atoms with Crippen LogP contribution in [0.4, 0.5) is 5.82 Å². The van der Waals surface area contributed by atoms with Crippen LogP contribution in [0.15, 0.2) is 12.1 Å². The van der Waals surface area contributed by atoms with E-state index >= 15 is 0 Å². The Hall–Kier alpha value is -0.870. The summed E-state index contributed by atoms with van der Waals surface area (Å²) < 4.78 is 0. The molecule has 2 rings (SSSR count). The summed E-state index contributed by atoms with van der Waals surface area (Å²) in [5.41, 5.74) is 0. The van der Waals surface area contributed by atoms with Crippen LogP contribution in [0.5, 0.6) is 0 Å². The smallest absolute Gasteiger partial charge is 0.151 e. The summed E-state index contributed by atoms with van der Waals surface area (Å²) >= 11 is 5.64. The molecule has 0 amide bonds. The summed E-state index contributed by atoms with van der Waals surface area (Å²) in [6.45, 7) is 2.20. The minimum Gasteiger partial charge on any atom is -0.365 e. The van der Waals surface area contributed by atoms with Gasteiger partial charge in [0.2, 0.25) is 0 Å². The van der Waals surface area contributed by atoms with Gasteiger partial charge in [0.25, 0.3) is 0 Å². The molecule has 0 aliphatic carbocycles. The van der Waals surface area contributed by atoms with E-state index in [-0.39, 0.29) is 0 Å². The lowest BCUT2D eigenvalue weighted by Crippen LogP contribution is -2.24. The highest BCUT2D eigenvalue weighted by atomic mass is 35.5. The molecule has 1 aliphatic rings. The molecule has 2 heterocycles. The molecule has 14 heavy (non-hydrogen) atoms. The van der Waals surface area contributed by atoms with Gasteiger partial charge in [-0.05, 0) is 32.1 Å². The van der Waals surface area contributed by atoms with Crippen LogP contribution >= 0.6 is 11.6 Å². The van der Waals surface area contributed by atoms with Gasteiger partial charge >= 0.3 is 0 Å². The van der Waals surface area contributed by atoms with E-state index in [2.05, 4.69) is 27.5 Å². The van der Waals surface area contributed by atoms with Crippen molar-refractivity contribution < 1.29 is 0 Å². The van der Waals surface area contributed by atoms with E-state index in [1.54, 1.807) is 6.07 Å². The first-order chi connectivity index (χ1) is 6.74. The summed E-state index contributed by atoms with van der Waals surface area (Å²) in [6.07, 6.45) is 1.15. The topological polar surface area (TPSA) is 41.0 Å². The molecule has 1 aromatic heterocycles. The van der Waals surface area contributed by atoms with E-state index in [0.717, 1.165) is 25.3 Å². The first-order valence-electron chi connectivity index (χ1n) is 4.68. The van der Waals surface area contributed by atoms with E-state index in [0.29, 0.717) is 11.2 Å². The summed E-state index contributed by atoms with van der Waals surface area (Å²) in [7, 11) is 2.12. The van der Waals surface area contributed by atoms with Crippen LogP contribution in [0.2, 0.25) is 5.15 Å². The lowest BCUT2D eigenvalue weighted by molar-refractivity contribution is 0.414. The maximum atomic E-state index is 5.64. The molecule has 1 fully saturated rings. The normalized spacial score (nSPS) is 22.6. The molecule has 1 atom stereocenters. The predicted molar refractivity (Wildman–Crippen MR) is 56.6 cm³/mol. The Morgan fingerprint density at radius 3 is 2.93 bits per heavy atom. The van der Waals surface area contributed by atoms with Crippen molar-refractivity contribution in [1.82, 2.24) is 15.1 Å². The molecular formula is C9H13ClN4. The largest absolute Gasteiger partial charge is 0.365 e. The Bertz CT molecular complexity index is 300. The van der Waals surface area contributed by atoms with Gasteiger partial charge in [0.05, 0.1) is 0 Å². The highest BCUT2D eigenvalue weighted by Gasteiger charge is 2.19. The molecule has 4 nitrogen and oxygen atoms in total. The quantitative estimate of drug-likeness (QED) is 0.801. The Balaban J connectivity index is 1.94. The maximum Gasteiger partial charge on any atom is 0.151 e. The van der Waals surface area contributed by atoms with Gasteiger partial charge in [0.1, 0.15) is 5.82 Å². The molecule has 0 spiro atoms. The minimum atomic E-state index is 0.430. The molecule has 1 N–H and O–H groups in total. The van der Waals surface area contributed by atoms with Gasteiger partial charge in [-0.15, -0.1) is 10.2 Å². The number of rotatable bonds is 2. The number of nitrogens with zero attached hydrogens (tertiary/aromatic N) is 3. The second-order valence-corrected chi connectivity index (χ2v) is 4.02. The van der Waals surface area contributed by atoms with Gasteiger partial charge in [0, 0.05) is 12.6 Å². The first-order valence-corrected chi connectivity index (χ1v) is 5.06. The standard InChI is InChI=1S/C9H13ClN4/c1-14-5-4-7(6-14)11-9-3-2-8(10)12-13-9/h2-3,7H,4-6H2,1H3,(H,11,13). The minimum absolute atomic E-state index is 0.430. The van der Waals surface area contributed by atoms with Gasteiger partial charge in [-0.2, -0.15) is 0 Å². The zero-order chi connectivity index (χ0) is 9.97. The second-order valence-electron chi connectivity index (χ2n) is 3.63. The molecular weight excluding hydrogens is 200 g/mol. The third-order valence-corrected chi connectivity index (χ3v) is 2.58. The fraction of sp³-hybridized carbons (Fsp3) is 0.556. The Morgan fingerprint density at radius 2 is 2.36 bits per heavy atom. The average molecular weight is 213 g/mol. The fourth-order valence-electron chi connectivity index (χ4n) is 1.65. The van der Waals surface area contributed by atoms with Gasteiger partial charge < -0.3 is 10.2 Å². The van der Waals surface area contributed by atoms with Crippen molar-refractivity contribution in [3.05, 3.63) is 17.3 Å². The molecule has 1 aromatic rings. The zero-order valence-corrected chi connectivity index (χ0v) is 8.83. The number of nitrogens with one attached hydrogen (secondary N) is 1. The predicted octanol–water partition coefficient (Wildman–Crippen LogP) is 1.25. The van der Waals surface area contributed by atoms with Gasteiger partial charge in [-0.1, -0.05) is 11.6 Å². The van der Waals surface area contributed by atoms with Crippen LogP contribution in [0, 0.1) is 0 Å². The second kappa shape index (κ2) is 4.11.